The molecule has 1 atom stereocenters. The molecule has 1 aliphatic rings. The SMILES string of the molecule is CCCC1=C(C(=O)OCC)C(C)(C(=O)OCC)C(=O)N1. The molecule has 0 radical (unpaired) electrons. The van der Waals surface area contributed by atoms with E-state index in [2.05, 4.69) is 5.32 Å². The van der Waals surface area contributed by atoms with Gasteiger partial charge >= 0.3 is 11.9 Å². The average Bonchev–Trinajstić information content (AvgIpc) is 2.63. The monoisotopic (exact) mass is 283 g/mol. The van der Waals surface area contributed by atoms with E-state index in [4.69, 9.17) is 9.47 Å². The molecule has 0 aromatic heterocycles. The van der Waals surface area contributed by atoms with Gasteiger partial charge in [0, 0.05) is 5.70 Å². The first-order valence-electron chi connectivity index (χ1n) is 6.82. The zero-order chi connectivity index (χ0) is 15.3. The van der Waals surface area contributed by atoms with E-state index in [-0.39, 0.29) is 18.8 Å². The van der Waals surface area contributed by atoms with E-state index in [1.807, 2.05) is 6.92 Å². The van der Waals surface area contributed by atoms with Gasteiger partial charge < -0.3 is 14.8 Å². The van der Waals surface area contributed by atoms with Crippen LogP contribution in [0.4, 0.5) is 0 Å². The van der Waals surface area contributed by atoms with E-state index in [0.717, 1.165) is 6.42 Å². The molecular weight excluding hydrogens is 262 g/mol. The Kier molecular flexibility index (Phi) is 5.30. The summed E-state index contributed by atoms with van der Waals surface area (Å²) in [6.07, 6.45) is 1.23. The van der Waals surface area contributed by atoms with Gasteiger partial charge in [-0.15, -0.1) is 0 Å². The lowest BCUT2D eigenvalue weighted by Crippen LogP contribution is -2.42. The Hall–Kier alpha value is -1.85. The van der Waals surface area contributed by atoms with Gasteiger partial charge in [-0.2, -0.15) is 0 Å². The molecule has 1 N–H and O–H groups in total. The summed E-state index contributed by atoms with van der Waals surface area (Å²) < 4.78 is 9.92. The highest BCUT2D eigenvalue weighted by molar-refractivity contribution is 6.16. The maximum atomic E-state index is 12.2. The molecule has 0 saturated heterocycles. The smallest absolute Gasteiger partial charge is 0.337 e. The first-order chi connectivity index (χ1) is 9.43. The number of carbonyl (C=O) groups excluding carboxylic acids is 3. The van der Waals surface area contributed by atoms with E-state index in [9.17, 15) is 14.4 Å². The summed E-state index contributed by atoms with van der Waals surface area (Å²) >= 11 is 0. The van der Waals surface area contributed by atoms with Gasteiger partial charge in [-0.25, -0.2) is 4.79 Å². The number of rotatable bonds is 6. The summed E-state index contributed by atoms with van der Waals surface area (Å²) in [7, 11) is 0. The van der Waals surface area contributed by atoms with Gasteiger partial charge in [-0.05, 0) is 27.2 Å². The lowest BCUT2D eigenvalue weighted by atomic mass is 9.82. The van der Waals surface area contributed by atoms with Crippen LogP contribution in [0.2, 0.25) is 0 Å². The van der Waals surface area contributed by atoms with Crippen LogP contribution in [0.15, 0.2) is 11.3 Å². The van der Waals surface area contributed by atoms with Gasteiger partial charge in [0.05, 0.1) is 18.8 Å². The summed E-state index contributed by atoms with van der Waals surface area (Å²) in [6, 6.07) is 0. The Bertz CT molecular complexity index is 454. The van der Waals surface area contributed by atoms with Gasteiger partial charge in [0.15, 0.2) is 5.41 Å². The van der Waals surface area contributed by atoms with Crippen LogP contribution < -0.4 is 5.32 Å². The highest BCUT2D eigenvalue weighted by Crippen LogP contribution is 2.38. The molecule has 0 spiro atoms. The predicted octanol–water partition coefficient (Wildman–Crippen LogP) is 1.30. The number of esters is 2. The molecule has 0 bridgehead atoms. The molecule has 6 heteroatoms. The fraction of sp³-hybridized carbons (Fsp3) is 0.643. The molecule has 0 aliphatic carbocycles. The van der Waals surface area contributed by atoms with Crippen LogP contribution in [-0.4, -0.2) is 31.1 Å². The van der Waals surface area contributed by atoms with Gasteiger partial charge in [0.2, 0.25) is 5.91 Å². The third-order valence-corrected chi connectivity index (χ3v) is 3.18. The molecule has 1 rings (SSSR count). The topological polar surface area (TPSA) is 81.7 Å². The average molecular weight is 283 g/mol. The van der Waals surface area contributed by atoms with Crippen molar-refractivity contribution in [1.29, 1.82) is 0 Å². The Labute approximate surface area is 118 Å². The molecule has 112 valence electrons. The molecule has 0 aromatic carbocycles. The van der Waals surface area contributed by atoms with E-state index in [1.54, 1.807) is 13.8 Å². The largest absolute Gasteiger partial charge is 0.465 e. The maximum absolute atomic E-state index is 12.2. The fourth-order valence-corrected chi connectivity index (χ4v) is 2.18. The van der Waals surface area contributed by atoms with Crippen LogP contribution >= 0.6 is 0 Å². The number of ether oxygens (including phenoxy) is 2. The number of amides is 1. The molecule has 0 aromatic rings. The van der Waals surface area contributed by atoms with E-state index < -0.39 is 23.3 Å². The number of hydrogen-bond acceptors (Lipinski definition) is 5. The second-order valence-corrected chi connectivity index (χ2v) is 4.62. The van der Waals surface area contributed by atoms with E-state index >= 15 is 0 Å². The zero-order valence-corrected chi connectivity index (χ0v) is 12.4. The van der Waals surface area contributed by atoms with Crippen molar-refractivity contribution in [3.8, 4) is 0 Å². The van der Waals surface area contributed by atoms with Crippen molar-refractivity contribution in [2.24, 2.45) is 5.41 Å². The molecule has 0 saturated carbocycles. The normalized spacial score (nSPS) is 21.7. The minimum atomic E-state index is -1.63. The lowest BCUT2D eigenvalue weighted by molar-refractivity contribution is -0.159. The molecule has 6 nitrogen and oxygen atoms in total. The third-order valence-electron chi connectivity index (χ3n) is 3.18. The van der Waals surface area contributed by atoms with Crippen molar-refractivity contribution < 1.29 is 23.9 Å². The number of allylic oxidation sites excluding steroid dienone is 1. The van der Waals surface area contributed by atoms with Crippen LogP contribution in [0.3, 0.4) is 0 Å². The summed E-state index contributed by atoms with van der Waals surface area (Å²) in [5.41, 5.74) is -1.11. The van der Waals surface area contributed by atoms with Crippen LogP contribution in [0.1, 0.15) is 40.5 Å². The number of hydrogen-bond donors (Lipinski definition) is 1. The van der Waals surface area contributed by atoms with Gasteiger partial charge in [-0.1, -0.05) is 13.3 Å². The minimum Gasteiger partial charge on any atom is -0.465 e. The Morgan fingerprint density at radius 3 is 2.25 bits per heavy atom. The minimum absolute atomic E-state index is 0.0738. The molecule has 0 fully saturated rings. The molecule has 1 unspecified atom stereocenters. The zero-order valence-electron chi connectivity index (χ0n) is 12.4. The van der Waals surface area contributed by atoms with Crippen molar-refractivity contribution in [2.75, 3.05) is 13.2 Å². The van der Waals surface area contributed by atoms with E-state index in [1.165, 1.54) is 6.92 Å². The predicted molar refractivity (Wildman–Crippen MR) is 71.4 cm³/mol. The molecule has 1 amide bonds. The second-order valence-electron chi connectivity index (χ2n) is 4.62. The fourth-order valence-electron chi connectivity index (χ4n) is 2.18. The summed E-state index contributed by atoms with van der Waals surface area (Å²) in [6.45, 7) is 6.95. The first kappa shape index (κ1) is 16.2. The van der Waals surface area contributed by atoms with Crippen LogP contribution in [0.5, 0.6) is 0 Å². The van der Waals surface area contributed by atoms with Crippen LogP contribution in [0, 0.1) is 5.41 Å². The standard InChI is InChI=1S/C14H21NO5/c1-5-8-9-10(11(16)19-6-2)14(4,12(17)15-9)13(18)20-7-3/h5-8H2,1-4H3,(H,15,17). The quantitative estimate of drug-likeness (QED) is 0.587. The van der Waals surface area contributed by atoms with Crippen molar-refractivity contribution in [1.82, 2.24) is 5.32 Å². The van der Waals surface area contributed by atoms with Crippen molar-refractivity contribution >= 4 is 17.8 Å². The van der Waals surface area contributed by atoms with Crippen LogP contribution in [-0.2, 0) is 23.9 Å². The highest BCUT2D eigenvalue weighted by atomic mass is 16.5. The maximum Gasteiger partial charge on any atom is 0.337 e. The van der Waals surface area contributed by atoms with Gasteiger partial charge in [0.1, 0.15) is 0 Å². The summed E-state index contributed by atoms with van der Waals surface area (Å²) in [4.78, 5) is 36.4. The van der Waals surface area contributed by atoms with Crippen molar-refractivity contribution in [2.45, 2.75) is 40.5 Å². The Morgan fingerprint density at radius 1 is 1.15 bits per heavy atom. The van der Waals surface area contributed by atoms with Crippen molar-refractivity contribution in [3.05, 3.63) is 11.3 Å². The Morgan fingerprint density at radius 2 is 1.75 bits per heavy atom. The summed E-state index contributed by atoms with van der Waals surface area (Å²) in [5, 5.41) is 2.61. The first-order valence-corrected chi connectivity index (χ1v) is 6.82. The van der Waals surface area contributed by atoms with Crippen LogP contribution in [0.25, 0.3) is 0 Å². The molecule has 20 heavy (non-hydrogen) atoms. The van der Waals surface area contributed by atoms with Gasteiger partial charge in [-0.3, -0.25) is 9.59 Å². The molecule has 1 heterocycles. The third kappa shape index (κ3) is 2.69. The van der Waals surface area contributed by atoms with Crippen molar-refractivity contribution in [3.63, 3.8) is 0 Å². The molecular formula is C14H21NO5. The van der Waals surface area contributed by atoms with E-state index in [0.29, 0.717) is 12.1 Å². The number of carbonyl (C=O) groups is 3. The number of nitrogens with one attached hydrogen (secondary N) is 1. The van der Waals surface area contributed by atoms with Gasteiger partial charge in [0.25, 0.3) is 0 Å². The summed E-state index contributed by atoms with van der Waals surface area (Å²) in [5.74, 6) is -1.92. The highest BCUT2D eigenvalue weighted by Gasteiger charge is 2.55. The second kappa shape index (κ2) is 6.54. The lowest BCUT2D eigenvalue weighted by Gasteiger charge is -2.21. The Balaban J connectivity index is 3.28. The molecule has 1 aliphatic heterocycles.